The first-order chi connectivity index (χ1) is 17.3. The van der Waals surface area contributed by atoms with E-state index in [-0.39, 0.29) is 34.5 Å². The van der Waals surface area contributed by atoms with Crippen molar-refractivity contribution in [3.63, 3.8) is 0 Å². The van der Waals surface area contributed by atoms with Gasteiger partial charge in [0.25, 0.3) is 11.8 Å². The van der Waals surface area contributed by atoms with Crippen LogP contribution in [0.3, 0.4) is 0 Å². The molecule has 5 rings (SSSR count). The Hall–Kier alpha value is -3.50. The van der Waals surface area contributed by atoms with E-state index in [9.17, 15) is 19.5 Å². The Morgan fingerprint density at radius 3 is 2.56 bits per heavy atom. The largest absolute Gasteiger partial charge is 0.493 e. The Kier molecular flexibility index (Phi) is 6.63. The van der Waals surface area contributed by atoms with Gasteiger partial charge in [0, 0.05) is 44.5 Å². The maximum absolute atomic E-state index is 13.3. The summed E-state index contributed by atoms with van der Waals surface area (Å²) in [5, 5.41) is 22.2. The number of nitrogens with one attached hydrogen (secondary N) is 2. The molecule has 36 heavy (non-hydrogen) atoms. The summed E-state index contributed by atoms with van der Waals surface area (Å²) >= 11 is 6.65. The monoisotopic (exact) mass is 510 g/mol. The van der Waals surface area contributed by atoms with Gasteiger partial charge in [0.05, 0.1) is 27.9 Å². The fourth-order valence-electron chi connectivity index (χ4n) is 4.55. The van der Waals surface area contributed by atoms with Gasteiger partial charge in [-0.15, -0.1) is 10.2 Å². The number of piperidine rings is 1. The number of hydrogen-bond donors (Lipinski definition) is 3. The summed E-state index contributed by atoms with van der Waals surface area (Å²) in [6.07, 6.45) is 5.74. The predicted octanol–water partition coefficient (Wildman–Crippen LogP) is 3.44. The van der Waals surface area contributed by atoms with E-state index >= 15 is 0 Å². The number of aromatic nitrogens is 2. The minimum Gasteiger partial charge on any atom is -0.493 e. The first kappa shape index (κ1) is 24.2. The van der Waals surface area contributed by atoms with E-state index in [1.54, 1.807) is 36.3 Å². The van der Waals surface area contributed by atoms with Gasteiger partial charge >= 0.3 is 0 Å². The number of aromatic hydroxyl groups is 1. The summed E-state index contributed by atoms with van der Waals surface area (Å²) in [7, 11) is 1.59. The van der Waals surface area contributed by atoms with Gasteiger partial charge in [-0.2, -0.15) is 0 Å². The smallest absolute Gasteiger partial charge is 0.269 e. The zero-order chi connectivity index (χ0) is 25.4. The molecule has 10 nitrogen and oxygen atoms in total. The van der Waals surface area contributed by atoms with E-state index in [1.165, 1.54) is 23.5 Å². The lowest BCUT2D eigenvalue weighted by atomic mass is 10.0. The number of carbonyl (C=O) groups is 2. The highest BCUT2D eigenvalue weighted by atomic mass is 35.5. The lowest BCUT2D eigenvalue weighted by Gasteiger charge is -2.32. The average molecular weight is 511 g/mol. The molecule has 1 aliphatic carbocycles. The Morgan fingerprint density at radius 1 is 1.14 bits per heavy atom. The SMILES string of the molecule is Cn1cc(CC(=O)N=Nc2c(O)[nH]c3ccc(C(=O)N4CCC(NC5CC5)CC4)c(Cl)c23)ccc1=O. The van der Waals surface area contributed by atoms with Crippen LogP contribution < -0.4 is 10.9 Å². The molecule has 1 saturated heterocycles. The number of nitrogens with zero attached hydrogens (tertiary/aromatic N) is 4. The van der Waals surface area contributed by atoms with Crippen molar-refractivity contribution in [1.82, 2.24) is 19.8 Å². The fourth-order valence-corrected chi connectivity index (χ4v) is 4.89. The molecule has 2 aromatic heterocycles. The molecule has 11 heteroatoms. The average Bonchev–Trinajstić information content (AvgIpc) is 3.61. The Balaban J connectivity index is 1.34. The summed E-state index contributed by atoms with van der Waals surface area (Å²) in [6, 6.07) is 7.28. The van der Waals surface area contributed by atoms with Crippen LogP contribution in [-0.2, 0) is 18.3 Å². The third-order valence-electron chi connectivity index (χ3n) is 6.68. The second-order valence-corrected chi connectivity index (χ2v) is 9.81. The van der Waals surface area contributed by atoms with Crippen molar-refractivity contribution in [2.45, 2.75) is 44.2 Å². The van der Waals surface area contributed by atoms with Crippen LogP contribution >= 0.6 is 11.6 Å². The number of rotatable bonds is 6. The van der Waals surface area contributed by atoms with Crippen LogP contribution in [0.15, 0.2) is 45.5 Å². The van der Waals surface area contributed by atoms with Gasteiger partial charge in [0.15, 0.2) is 5.69 Å². The van der Waals surface area contributed by atoms with Crippen LogP contribution in [0.4, 0.5) is 5.69 Å². The number of aromatic amines is 1. The van der Waals surface area contributed by atoms with Gasteiger partial charge in [-0.25, -0.2) is 0 Å². The van der Waals surface area contributed by atoms with Gasteiger partial charge < -0.3 is 24.9 Å². The highest BCUT2D eigenvalue weighted by Gasteiger charge is 2.30. The molecule has 0 atom stereocenters. The molecule has 1 aromatic carbocycles. The van der Waals surface area contributed by atoms with Crippen LogP contribution in [0.1, 0.15) is 41.6 Å². The van der Waals surface area contributed by atoms with Crippen LogP contribution in [0.2, 0.25) is 5.02 Å². The summed E-state index contributed by atoms with van der Waals surface area (Å²) in [5.41, 5.74) is 1.19. The molecule has 3 N–H and O–H groups in total. The summed E-state index contributed by atoms with van der Waals surface area (Å²) in [4.78, 5) is 41.7. The van der Waals surface area contributed by atoms with E-state index in [0.29, 0.717) is 47.2 Å². The van der Waals surface area contributed by atoms with Gasteiger partial charge in [0.1, 0.15) is 0 Å². The number of amides is 2. The molecule has 0 bridgehead atoms. The molecule has 0 radical (unpaired) electrons. The predicted molar refractivity (Wildman–Crippen MR) is 135 cm³/mol. The molecule has 3 aromatic rings. The Bertz CT molecular complexity index is 1420. The first-order valence-electron chi connectivity index (χ1n) is 12.0. The molecule has 1 saturated carbocycles. The lowest BCUT2D eigenvalue weighted by Crippen LogP contribution is -2.45. The maximum Gasteiger partial charge on any atom is 0.269 e. The van der Waals surface area contributed by atoms with Crippen LogP contribution in [0, 0.1) is 0 Å². The summed E-state index contributed by atoms with van der Waals surface area (Å²) in [6.45, 7) is 1.28. The van der Waals surface area contributed by atoms with E-state index in [1.807, 2.05) is 0 Å². The van der Waals surface area contributed by atoms with Gasteiger partial charge in [-0.3, -0.25) is 14.4 Å². The summed E-state index contributed by atoms with van der Waals surface area (Å²) in [5.74, 6) is -1.04. The number of hydrogen-bond acceptors (Lipinski definition) is 6. The van der Waals surface area contributed by atoms with Gasteiger partial charge in [0.2, 0.25) is 11.4 Å². The van der Waals surface area contributed by atoms with Crippen molar-refractivity contribution < 1.29 is 14.7 Å². The number of likely N-dealkylation sites (tertiary alicyclic amines) is 1. The van der Waals surface area contributed by atoms with Crippen molar-refractivity contribution in [1.29, 1.82) is 0 Å². The molecule has 188 valence electrons. The normalized spacial score (nSPS) is 16.8. The number of fused-ring (bicyclic) bond motifs is 1. The zero-order valence-electron chi connectivity index (χ0n) is 19.8. The van der Waals surface area contributed by atoms with E-state index in [2.05, 4.69) is 20.5 Å². The van der Waals surface area contributed by atoms with Crippen LogP contribution in [0.25, 0.3) is 10.9 Å². The lowest BCUT2D eigenvalue weighted by molar-refractivity contribution is -0.117. The van der Waals surface area contributed by atoms with Crippen molar-refractivity contribution in [3.05, 3.63) is 57.0 Å². The molecule has 0 unspecified atom stereocenters. The van der Waals surface area contributed by atoms with Crippen LogP contribution in [-0.4, -0.2) is 56.5 Å². The third kappa shape index (κ3) is 5.05. The number of aryl methyl sites for hydroxylation is 1. The standard InChI is InChI=1S/C25H27ClN6O4/c1-31-13-14(2-7-20(31)34)12-19(33)29-30-23-21-18(28-24(23)35)6-5-17(22(21)26)25(36)32-10-8-16(9-11-32)27-15-3-4-15/h2,5-7,13,15-16,27-28,35H,3-4,8-12H2,1H3. The molecule has 0 spiro atoms. The second-order valence-electron chi connectivity index (χ2n) is 9.44. The molecule has 3 heterocycles. The molecule has 1 aliphatic heterocycles. The van der Waals surface area contributed by atoms with Crippen molar-refractivity contribution in [3.8, 4) is 5.88 Å². The van der Waals surface area contributed by atoms with E-state index in [0.717, 1.165) is 12.8 Å². The minimum atomic E-state index is -0.562. The second kappa shape index (κ2) is 9.87. The van der Waals surface area contributed by atoms with Gasteiger partial charge in [-0.05, 0) is 43.4 Å². The van der Waals surface area contributed by atoms with Gasteiger partial charge in [-0.1, -0.05) is 17.7 Å². The number of carbonyl (C=O) groups excluding carboxylic acids is 2. The Morgan fingerprint density at radius 2 is 1.86 bits per heavy atom. The quantitative estimate of drug-likeness (QED) is 0.437. The highest BCUT2D eigenvalue weighted by Crippen LogP contribution is 2.41. The van der Waals surface area contributed by atoms with Crippen LogP contribution in [0.5, 0.6) is 5.88 Å². The van der Waals surface area contributed by atoms with Crippen molar-refractivity contribution >= 4 is 40.0 Å². The molecule has 2 amide bonds. The van der Waals surface area contributed by atoms with Crippen molar-refractivity contribution in [2.75, 3.05) is 13.1 Å². The third-order valence-corrected chi connectivity index (χ3v) is 7.07. The molecular formula is C25H27ClN6O4. The van der Waals surface area contributed by atoms with E-state index in [4.69, 9.17) is 11.6 Å². The maximum atomic E-state index is 13.3. The number of azo groups is 1. The molecule has 2 aliphatic rings. The number of benzene rings is 1. The molecule has 2 fully saturated rings. The minimum absolute atomic E-state index is 0.00852. The fraction of sp³-hybridized carbons (Fsp3) is 0.400. The zero-order valence-corrected chi connectivity index (χ0v) is 20.6. The molecular weight excluding hydrogens is 484 g/mol. The number of pyridine rings is 1. The van der Waals surface area contributed by atoms with Crippen molar-refractivity contribution in [2.24, 2.45) is 17.3 Å². The highest BCUT2D eigenvalue weighted by molar-refractivity contribution is 6.39. The van der Waals surface area contributed by atoms with E-state index < -0.39 is 5.91 Å². The number of halogens is 1. The Labute approximate surface area is 212 Å². The number of H-pyrrole nitrogens is 1. The first-order valence-corrected chi connectivity index (χ1v) is 12.4. The summed E-state index contributed by atoms with van der Waals surface area (Å²) < 4.78 is 1.37. The topological polar surface area (TPSA) is 132 Å².